The number of benzene rings is 2. The van der Waals surface area contributed by atoms with Crippen LogP contribution in [-0.4, -0.2) is 83.7 Å². The lowest BCUT2D eigenvalue weighted by molar-refractivity contribution is -0.440. The number of anilines is 2. The molecule has 0 saturated carbocycles. The fraction of sp³-hybridized carbons (Fsp3) is 0.667. The van der Waals surface area contributed by atoms with Crippen LogP contribution in [0.25, 0.3) is 0 Å². The third kappa shape index (κ3) is 9.70. The largest absolute Gasteiger partial charge is 0.460 e. The Morgan fingerprint density at radius 3 is 0.812 bits per heavy atom. The minimum atomic E-state index is -8.34. The van der Waals surface area contributed by atoms with E-state index >= 15 is 17.6 Å². The molecular formula is C36H34F26N2. The molecule has 0 spiro atoms. The van der Waals surface area contributed by atoms with Crippen molar-refractivity contribution in [3.05, 3.63) is 59.7 Å². The Morgan fingerprint density at radius 1 is 0.344 bits per heavy atom. The lowest BCUT2D eigenvalue weighted by Crippen LogP contribution is -2.70. The highest BCUT2D eigenvalue weighted by Crippen LogP contribution is 2.63. The maximum Gasteiger partial charge on any atom is 0.460 e. The van der Waals surface area contributed by atoms with Crippen molar-refractivity contribution in [2.24, 2.45) is 0 Å². The average Bonchev–Trinajstić information content (AvgIpc) is 3.13. The topological polar surface area (TPSA) is 24.1 Å². The van der Waals surface area contributed by atoms with Crippen molar-refractivity contribution in [3.8, 4) is 0 Å². The van der Waals surface area contributed by atoms with Crippen molar-refractivity contribution in [2.45, 2.75) is 149 Å². The predicted molar refractivity (Wildman–Crippen MR) is 176 cm³/mol. The van der Waals surface area contributed by atoms with E-state index in [0.29, 0.717) is 0 Å². The fourth-order valence-electron chi connectivity index (χ4n) is 6.00. The SMILES string of the molecule is CC(C)c1ccccc1NC(CCC(F)(F)C(F)(F)C(F)(F)C(F)(F)C(F)(F)C(F)(F)F)C(CCC(F)(F)C(F)(F)C(F)(F)C(F)(F)C(F)(F)C(F)(F)F)Nc1ccccc1C(C)C. The molecule has 2 atom stereocenters. The van der Waals surface area contributed by atoms with Crippen LogP contribution < -0.4 is 10.6 Å². The van der Waals surface area contributed by atoms with Gasteiger partial charge in [-0.05, 0) is 47.9 Å². The molecule has 0 aliphatic carbocycles. The van der Waals surface area contributed by atoms with E-state index in [2.05, 4.69) is 10.6 Å². The molecule has 0 aliphatic rings. The van der Waals surface area contributed by atoms with Gasteiger partial charge in [0.15, 0.2) is 0 Å². The van der Waals surface area contributed by atoms with Gasteiger partial charge in [-0.25, -0.2) is 0 Å². The molecule has 2 rings (SSSR count). The molecule has 2 N–H and O–H groups in total. The van der Waals surface area contributed by atoms with Crippen LogP contribution in [0.4, 0.5) is 126 Å². The normalized spacial score (nSPS) is 16.1. The lowest BCUT2D eigenvalue weighted by atomic mass is 9.87. The summed E-state index contributed by atoms with van der Waals surface area (Å²) < 4.78 is 363. The highest BCUT2D eigenvalue weighted by atomic mass is 19.4. The molecule has 0 aromatic heterocycles. The smallest absolute Gasteiger partial charge is 0.380 e. The predicted octanol–water partition coefficient (Wildman–Crippen LogP) is 15.2. The van der Waals surface area contributed by atoms with Gasteiger partial charge in [-0.3, -0.25) is 0 Å². The van der Waals surface area contributed by atoms with Gasteiger partial charge in [-0.15, -0.1) is 0 Å². The van der Waals surface area contributed by atoms with Crippen LogP contribution in [0.15, 0.2) is 48.5 Å². The van der Waals surface area contributed by atoms with Crippen molar-refractivity contribution < 1.29 is 114 Å². The van der Waals surface area contributed by atoms with Crippen LogP contribution >= 0.6 is 0 Å². The van der Waals surface area contributed by atoms with E-state index in [-0.39, 0.29) is 22.5 Å². The molecule has 0 heterocycles. The molecule has 2 aromatic rings. The number of halogens is 26. The Labute approximate surface area is 345 Å². The molecule has 2 aromatic carbocycles. The molecule has 0 amide bonds. The second-order valence-corrected chi connectivity index (χ2v) is 15.1. The minimum Gasteiger partial charge on any atom is -0.380 e. The summed E-state index contributed by atoms with van der Waals surface area (Å²) in [7, 11) is 0. The zero-order chi connectivity index (χ0) is 50.5. The van der Waals surface area contributed by atoms with Crippen LogP contribution in [0.2, 0.25) is 0 Å². The third-order valence-corrected chi connectivity index (χ3v) is 9.87. The highest BCUT2D eigenvalue weighted by Gasteiger charge is 2.92. The number of hydrogen-bond donors (Lipinski definition) is 2. The fourth-order valence-corrected chi connectivity index (χ4v) is 6.00. The first kappa shape index (κ1) is 56.3. The van der Waals surface area contributed by atoms with Crippen molar-refractivity contribution in [1.82, 2.24) is 0 Å². The summed E-state index contributed by atoms with van der Waals surface area (Å²) in [6.07, 6.45) is -25.8. The van der Waals surface area contributed by atoms with E-state index in [4.69, 9.17) is 0 Å². The summed E-state index contributed by atoms with van der Waals surface area (Å²) in [6.45, 7) is 5.55. The van der Waals surface area contributed by atoms with Crippen LogP contribution in [0.1, 0.15) is 76.3 Å². The Hall–Kier alpha value is -3.78. The molecule has 2 unspecified atom stereocenters. The van der Waals surface area contributed by atoms with Crippen LogP contribution in [0.5, 0.6) is 0 Å². The molecule has 0 fully saturated rings. The highest BCUT2D eigenvalue weighted by molar-refractivity contribution is 5.56. The molecule has 370 valence electrons. The zero-order valence-electron chi connectivity index (χ0n) is 32.6. The Bertz CT molecular complexity index is 1730. The average molecular weight is 989 g/mol. The summed E-state index contributed by atoms with van der Waals surface area (Å²) >= 11 is 0. The van der Waals surface area contributed by atoms with Crippen molar-refractivity contribution >= 4 is 11.4 Å². The first-order chi connectivity index (χ1) is 28.3. The first-order valence-electron chi connectivity index (χ1n) is 17.9. The maximum absolute atomic E-state index is 15.2. The second-order valence-electron chi connectivity index (χ2n) is 15.1. The van der Waals surface area contributed by atoms with Gasteiger partial charge in [0.2, 0.25) is 0 Å². The summed E-state index contributed by atoms with van der Waals surface area (Å²) in [4.78, 5) is 0. The summed E-state index contributed by atoms with van der Waals surface area (Å²) in [5.74, 6) is -80.4. The zero-order valence-corrected chi connectivity index (χ0v) is 32.6. The minimum absolute atomic E-state index is 0.0378. The number of nitrogens with one attached hydrogen (secondary N) is 2. The van der Waals surface area contributed by atoms with E-state index in [1.807, 2.05) is 0 Å². The third-order valence-electron chi connectivity index (χ3n) is 9.87. The molecule has 0 aliphatic heterocycles. The van der Waals surface area contributed by atoms with Crippen LogP contribution in [0.3, 0.4) is 0 Å². The monoisotopic (exact) mass is 988 g/mol. The number of rotatable bonds is 21. The van der Waals surface area contributed by atoms with Gasteiger partial charge in [0, 0.05) is 36.3 Å². The summed E-state index contributed by atoms with van der Waals surface area (Å²) in [5, 5.41) is 4.46. The standard InChI is InChI=1S/C36H34F26N2/c1-17(2)19-9-5-7-11-21(19)63-23(13-15-25(37,38)27(41,42)29(45,46)31(49,50)33(53,54)35(57,58)59)24(64-22-12-8-6-10-20(22)18(3)4)14-16-26(39,40)28(43,44)30(47,48)32(51,52)34(55,56)36(60,61)62/h5-12,17-18,23-24,63-64H,13-16H2,1-4H3. The molecule has 0 saturated heterocycles. The Kier molecular flexibility index (Phi) is 15.7. The number of hydrogen-bond acceptors (Lipinski definition) is 2. The number of alkyl halides is 26. The van der Waals surface area contributed by atoms with Gasteiger partial charge < -0.3 is 10.6 Å². The molecule has 28 heteroatoms. The van der Waals surface area contributed by atoms with E-state index in [0.717, 1.165) is 24.3 Å². The van der Waals surface area contributed by atoms with Gasteiger partial charge in [-0.1, -0.05) is 64.1 Å². The molecule has 2 nitrogen and oxygen atoms in total. The van der Waals surface area contributed by atoms with Gasteiger partial charge in [0.1, 0.15) is 0 Å². The lowest BCUT2D eigenvalue weighted by Gasteiger charge is -2.41. The first-order valence-corrected chi connectivity index (χ1v) is 17.9. The van der Waals surface area contributed by atoms with E-state index in [1.165, 1.54) is 52.0 Å². The molecular weight excluding hydrogens is 954 g/mol. The van der Waals surface area contributed by atoms with E-state index < -0.39 is 121 Å². The van der Waals surface area contributed by atoms with Gasteiger partial charge in [-0.2, -0.15) is 114 Å². The Balaban J connectivity index is 2.88. The maximum atomic E-state index is 15.2. The van der Waals surface area contributed by atoms with Gasteiger partial charge in [0.05, 0.1) is 0 Å². The van der Waals surface area contributed by atoms with Gasteiger partial charge >= 0.3 is 71.6 Å². The summed E-state index contributed by atoms with van der Waals surface area (Å²) in [5.41, 5.74) is -0.701. The quantitative estimate of drug-likeness (QED) is 0.122. The summed E-state index contributed by atoms with van der Waals surface area (Å²) in [6, 6.07) is 3.98. The molecule has 0 bridgehead atoms. The van der Waals surface area contributed by atoms with Crippen molar-refractivity contribution in [2.75, 3.05) is 10.6 Å². The van der Waals surface area contributed by atoms with E-state index in [1.54, 1.807) is 0 Å². The van der Waals surface area contributed by atoms with Gasteiger partial charge in [0.25, 0.3) is 0 Å². The number of para-hydroxylation sites is 2. The van der Waals surface area contributed by atoms with Crippen LogP contribution in [-0.2, 0) is 0 Å². The van der Waals surface area contributed by atoms with Crippen molar-refractivity contribution in [3.63, 3.8) is 0 Å². The molecule has 0 radical (unpaired) electrons. The molecule has 64 heavy (non-hydrogen) atoms. The van der Waals surface area contributed by atoms with Crippen LogP contribution in [0, 0.1) is 0 Å². The van der Waals surface area contributed by atoms with Crippen molar-refractivity contribution in [1.29, 1.82) is 0 Å². The second kappa shape index (κ2) is 17.8. The van der Waals surface area contributed by atoms with E-state index in [9.17, 15) is 96.6 Å². The Morgan fingerprint density at radius 2 is 0.578 bits per heavy atom.